The fraction of sp³-hybridized carbons (Fsp3) is 0.368. The normalized spacial score (nSPS) is 16.3. The third-order valence-corrected chi connectivity index (χ3v) is 8.35. The Bertz CT molecular complexity index is 1020. The van der Waals surface area contributed by atoms with E-state index in [0.717, 1.165) is 4.88 Å². The minimum Gasteiger partial charge on any atom is -0.348 e. The highest BCUT2D eigenvalue weighted by Gasteiger charge is 2.32. The molecule has 1 unspecified atom stereocenters. The van der Waals surface area contributed by atoms with Crippen LogP contribution in [0, 0.1) is 0 Å². The first-order chi connectivity index (χ1) is 14.2. The molecule has 1 N–H and O–H groups in total. The van der Waals surface area contributed by atoms with Gasteiger partial charge in [0.2, 0.25) is 21.8 Å². The molecule has 1 fully saturated rings. The number of amides is 2. The van der Waals surface area contributed by atoms with Crippen LogP contribution in [0.15, 0.2) is 40.6 Å². The largest absolute Gasteiger partial charge is 0.348 e. The summed E-state index contributed by atoms with van der Waals surface area (Å²) < 4.78 is 27.2. The van der Waals surface area contributed by atoms with E-state index in [1.807, 2.05) is 17.5 Å². The van der Waals surface area contributed by atoms with Gasteiger partial charge in [-0.15, -0.1) is 11.3 Å². The van der Waals surface area contributed by atoms with E-state index in [-0.39, 0.29) is 59.4 Å². The number of benzene rings is 1. The Labute approximate surface area is 189 Å². The number of nitrogens with one attached hydrogen (secondary N) is 1. The van der Waals surface area contributed by atoms with Crippen LogP contribution in [0.1, 0.15) is 24.3 Å². The van der Waals surface area contributed by atoms with Crippen molar-refractivity contribution < 1.29 is 18.0 Å². The Morgan fingerprint density at radius 3 is 2.47 bits per heavy atom. The van der Waals surface area contributed by atoms with Gasteiger partial charge in [-0.25, -0.2) is 8.42 Å². The number of carbonyl (C=O) groups is 2. The number of rotatable bonds is 6. The van der Waals surface area contributed by atoms with E-state index in [2.05, 4.69) is 5.32 Å². The number of hydrogen-bond acceptors (Lipinski definition) is 5. The number of nitrogens with zero attached hydrogens (tertiary/aromatic N) is 2. The lowest BCUT2D eigenvalue weighted by Crippen LogP contribution is -2.51. The molecule has 1 aliphatic rings. The van der Waals surface area contributed by atoms with E-state index in [0.29, 0.717) is 0 Å². The van der Waals surface area contributed by atoms with E-state index in [9.17, 15) is 18.0 Å². The van der Waals surface area contributed by atoms with Gasteiger partial charge in [0, 0.05) is 43.0 Å². The average molecular weight is 490 g/mol. The van der Waals surface area contributed by atoms with Crippen molar-refractivity contribution in [1.82, 2.24) is 14.5 Å². The standard InChI is InChI=1S/C19H21Cl2N3O4S2/c1-13(25)22-16(17-3-2-10-29-17)12-19(26)23-6-8-24(9-7-23)30(27,28)18-11-14(20)4-5-15(18)21/h2-5,10-11,16H,6-9,12H2,1H3,(H,22,25). The molecule has 0 saturated carbocycles. The predicted octanol–water partition coefficient (Wildman–Crippen LogP) is 3.16. The van der Waals surface area contributed by atoms with Crippen LogP contribution in [0.5, 0.6) is 0 Å². The number of halogens is 2. The fourth-order valence-electron chi connectivity index (χ4n) is 3.25. The summed E-state index contributed by atoms with van der Waals surface area (Å²) in [6.07, 6.45) is 0.118. The summed E-state index contributed by atoms with van der Waals surface area (Å²) in [5.74, 6) is -0.351. The van der Waals surface area contributed by atoms with Gasteiger partial charge in [0.15, 0.2) is 0 Å². The Balaban J connectivity index is 1.65. The Morgan fingerprint density at radius 2 is 1.87 bits per heavy atom. The number of hydrogen-bond donors (Lipinski definition) is 1. The Hall–Kier alpha value is -1.65. The smallest absolute Gasteiger partial charge is 0.244 e. The highest BCUT2D eigenvalue weighted by Crippen LogP contribution is 2.29. The summed E-state index contributed by atoms with van der Waals surface area (Å²) in [6.45, 7) is 2.23. The third-order valence-electron chi connectivity index (χ3n) is 4.75. The van der Waals surface area contributed by atoms with Gasteiger partial charge in [-0.05, 0) is 29.6 Å². The van der Waals surface area contributed by atoms with Crippen molar-refractivity contribution in [3.05, 3.63) is 50.6 Å². The number of thiophene rings is 1. The fourth-order valence-corrected chi connectivity index (χ4v) is 6.19. The molecule has 2 heterocycles. The second kappa shape index (κ2) is 9.65. The lowest BCUT2D eigenvalue weighted by atomic mass is 10.1. The first-order valence-corrected chi connectivity index (χ1v) is 12.3. The molecule has 0 radical (unpaired) electrons. The molecule has 1 aromatic heterocycles. The molecule has 3 rings (SSSR count). The van der Waals surface area contributed by atoms with Gasteiger partial charge >= 0.3 is 0 Å². The SMILES string of the molecule is CC(=O)NC(CC(=O)N1CCN(S(=O)(=O)c2cc(Cl)ccc2Cl)CC1)c1cccs1. The second-order valence-electron chi connectivity index (χ2n) is 6.83. The molecule has 0 spiro atoms. The molecule has 162 valence electrons. The van der Waals surface area contributed by atoms with Gasteiger partial charge in [0.05, 0.1) is 17.5 Å². The van der Waals surface area contributed by atoms with Crippen molar-refractivity contribution in [1.29, 1.82) is 0 Å². The summed E-state index contributed by atoms with van der Waals surface area (Å²) in [5, 5.41) is 5.08. The van der Waals surface area contributed by atoms with Gasteiger partial charge in [-0.1, -0.05) is 29.3 Å². The first-order valence-electron chi connectivity index (χ1n) is 9.22. The van der Waals surface area contributed by atoms with Crippen molar-refractivity contribution in [2.45, 2.75) is 24.3 Å². The van der Waals surface area contributed by atoms with E-state index in [1.165, 1.54) is 40.8 Å². The molecule has 1 atom stereocenters. The molecule has 30 heavy (non-hydrogen) atoms. The molecule has 2 amide bonds. The third kappa shape index (κ3) is 5.33. The highest BCUT2D eigenvalue weighted by atomic mass is 35.5. The van der Waals surface area contributed by atoms with E-state index >= 15 is 0 Å². The minimum atomic E-state index is -3.82. The van der Waals surface area contributed by atoms with Gasteiger partial charge in [-0.2, -0.15) is 4.31 Å². The lowest BCUT2D eigenvalue weighted by Gasteiger charge is -2.34. The summed E-state index contributed by atoms with van der Waals surface area (Å²) in [5.41, 5.74) is 0. The Kier molecular flexibility index (Phi) is 7.41. The predicted molar refractivity (Wildman–Crippen MR) is 117 cm³/mol. The van der Waals surface area contributed by atoms with Gasteiger partial charge < -0.3 is 10.2 Å². The van der Waals surface area contributed by atoms with Crippen molar-refractivity contribution in [2.75, 3.05) is 26.2 Å². The summed E-state index contributed by atoms with van der Waals surface area (Å²) in [7, 11) is -3.82. The minimum absolute atomic E-state index is 0.0418. The van der Waals surface area contributed by atoms with E-state index in [1.54, 1.807) is 4.90 Å². The van der Waals surface area contributed by atoms with Crippen LogP contribution in [0.25, 0.3) is 0 Å². The van der Waals surface area contributed by atoms with E-state index in [4.69, 9.17) is 23.2 Å². The zero-order valence-electron chi connectivity index (χ0n) is 16.2. The number of sulfonamides is 1. The topological polar surface area (TPSA) is 86.8 Å². The summed E-state index contributed by atoms with van der Waals surface area (Å²) in [4.78, 5) is 26.8. The van der Waals surface area contributed by atoms with Crippen LogP contribution >= 0.6 is 34.5 Å². The molecule has 1 saturated heterocycles. The maximum absolute atomic E-state index is 12.9. The van der Waals surface area contributed by atoms with Crippen molar-refractivity contribution in [3.8, 4) is 0 Å². The van der Waals surface area contributed by atoms with Crippen molar-refractivity contribution in [2.24, 2.45) is 0 Å². The monoisotopic (exact) mass is 489 g/mol. The molecular formula is C19H21Cl2N3O4S2. The number of carbonyl (C=O) groups excluding carboxylic acids is 2. The molecule has 11 heteroatoms. The highest BCUT2D eigenvalue weighted by molar-refractivity contribution is 7.89. The molecule has 7 nitrogen and oxygen atoms in total. The van der Waals surface area contributed by atoms with Gasteiger partial charge in [0.1, 0.15) is 4.90 Å². The van der Waals surface area contributed by atoms with Crippen LogP contribution < -0.4 is 5.32 Å². The Morgan fingerprint density at radius 1 is 1.17 bits per heavy atom. The molecular weight excluding hydrogens is 469 g/mol. The van der Waals surface area contributed by atoms with Gasteiger partial charge in [0.25, 0.3) is 0 Å². The quantitative estimate of drug-likeness (QED) is 0.674. The molecule has 1 aliphatic heterocycles. The van der Waals surface area contributed by atoms with Gasteiger partial charge in [-0.3, -0.25) is 9.59 Å². The summed E-state index contributed by atoms with van der Waals surface area (Å²) in [6, 6.07) is 7.64. The van der Waals surface area contributed by atoms with Crippen LogP contribution in [-0.4, -0.2) is 55.6 Å². The van der Waals surface area contributed by atoms with Crippen molar-refractivity contribution >= 4 is 56.4 Å². The maximum atomic E-state index is 12.9. The number of piperazine rings is 1. The first kappa shape index (κ1) is 23.0. The van der Waals surface area contributed by atoms with E-state index < -0.39 is 16.1 Å². The molecule has 0 aliphatic carbocycles. The van der Waals surface area contributed by atoms with Crippen LogP contribution in [-0.2, 0) is 19.6 Å². The zero-order chi connectivity index (χ0) is 21.9. The average Bonchev–Trinajstić information content (AvgIpc) is 3.24. The lowest BCUT2D eigenvalue weighted by molar-refractivity contribution is -0.133. The van der Waals surface area contributed by atoms with Crippen molar-refractivity contribution in [3.63, 3.8) is 0 Å². The van der Waals surface area contributed by atoms with Crippen LogP contribution in [0.3, 0.4) is 0 Å². The molecule has 1 aromatic carbocycles. The zero-order valence-corrected chi connectivity index (χ0v) is 19.3. The van der Waals surface area contributed by atoms with Crippen LogP contribution in [0.4, 0.5) is 0 Å². The van der Waals surface area contributed by atoms with Crippen LogP contribution in [0.2, 0.25) is 10.0 Å². The summed E-state index contributed by atoms with van der Waals surface area (Å²) >= 11 is 13.5. The maximum Gasteiger partial charge on any atom is 0.244 e. The molecule has 2 aromatic rings. The molecule has 0 bridgehead atoms. The second-order valence-corrected chi connectivity index (χ2v) is 10.6.